The van der Waals surface area contributed by atoms with Gasteiger partial charge in [0.1, 0.15) is 5.75 Å². The molecule has 122 valence electrons. The van der Waals surface area contributed by atoms with E-state index in [1.165, 1.54) is 18.6 Å². The van der Waals surface area contributed by atoms with Crippen LogP contribution in [0.4, 0.5) is 5.69 Å². The van der Waals surface area contributed by atoms with Crippen molar-refractivity contribution in [1.29, 1.82) is 0 Å². The molecule has 1 amide bonds. The minimum Gasteiger partial charge on any atom is -0.507 e. The van der Waals surface area contributed by atoms with E-state index in [0.717, 1.165) is 12.2 Å². The van der Waals surface area contributed by atoms with Crippen molar-refractivity contribution in [1.82, 2.24) is 10.4 Å². The smallest absolute Gasteiger partial charge is 0.271 e. The Bertz CT molecular complexity index is 766. The molecule has 0 bridgehead atoms. The lowest BCUT2D eigenvalue weighted by Gasteiger charge is -2.20. The Hall–Kier alpha value is -3.33. The first kappa shape index (κ1) is 17.0. The van der Waals surface area contributed by atoms with E-state index in [9.17, 15) is 9.90 Å². The van der Waals surface area contributed by atoms with E-state index in [4.69, 9.17) is 6.42 Å². The Kier molecular flexibility index (Phi) is 5.92. The van der Waals surface area contributed by atoms with Gasteiger partial charge in [0.15, 0.2) is 0 Å². The summed E-state index contributed by atoms with van der Waals surface area (Å²) in [7, 11) is 0. The zero-order chi connectivity index (χ0) is 17.4. The second-order valence-corrected chi connectivity index (χ2v) is 4.90. The number of aromatic hydroxyl groups is 1. The lowest BCUT2D eigenvalue weighted by molar-refractivity contribution is 0.0955. The summed E-state index contributed by atoms with van der Waals surface area (Å²) in [4.78, 5) is 17.6. The number of phenols is 1. The van der Waals surface area contributed by atoms with Gasteiger partial charge in [-0.2, -0.15) is 5.10 Å². The maximum absolute atomic E-state index is 11.8. The molecular weight excluding hydrogens is 304 g/mol. The van der Waals surface area contributed by atoms with E-state index in [-0.39, 0.29) is 11.7 Å². The van der Waals surface area contributed by atoms with Gasteiger partial charge in [0.25, 0.3) is 5.91 Å². The minimum atomic E-state index is -0.351. The third-order valence-electron chi connectivity index (χ3n) is 3.36. The Labute approximate surface area is 140 Å². The van der Waals surface area contributed by atoms with Crippen LogP contribution in [-0.2, 0) is 0 Å². The van der Waals surface area contributed by atoms with Crippen molar-refractivity contribution in [2.75, 3.05) is 18.0 Å². The van der Waals surface area contributed by atoms with Gasteiger partial charge in [0.05, 0.1) is 12.8 Å². The molecule has 0 spiro atoms. The molecule has 1 aromatic heterocycles. The Balaban J connectivity index is 2.05. The first-order valence-electron chi connectivity index (χ1n) is 7.40. The highest BCUT2D eigenvalue weighted by molar-refractivity contribution is 5.95. The first-order chi connectivity index (χ1) is 11.7. The largest absolute Gasteiger partial charge is 0.507 e. The third-order valence-corrected chi connectivity index (χ3v) is 3.36. The fourth-order valence-corrected chi connectivity index (χ4v) is 2.06. The van der Waals surface area contributed by atoms with E-state index in [1.54, 1.807) is 24.3 Å². The molecule has 1 aromatic carbocycles. The van der Waals surface area contributed by atoms with Crippen molar-refractivity contribution in [3.63, 3.8) is 0 Å². The number of terminal acetylenes is 1. The molecule has 2 aromatic rings. The van der Waals surface area contributed by atoms with Gasteiger partial charge in [-0.05, 0) is 31.2 Å². The molecular formula is C18H18N4O2. The van der Waals surface area contributed by atoms with Crippen molar-refractivity contribution >= 4 is 17.8 Å². The monoisotopic (exact) mass is 322 g/mol. The van der Waals surface area contributed by atoms with Crippen LogP contribution in [0.1, 0.15) is 22.8 Å². The predicted octanol–water partition coefficient (Wildman–Crippen LogP) is 2.01. The van der Waals surface area contributed by atoms with Gasteiger partial charge in [0.2, 0.25) is 0 Å². The average Bonchev–Trinajstić information content (AvgIpc) is 2.61. The summed E-state index contributed by atoms with van der Waals surface area (Å²) in [5.41, 5.74) is 4.17. The van der Waals surface area contributed by atoms with E-state index in [1.807, 2.05) is 17.9 Å². The molecule has 0 aliphatic heterocycles. The highest BCUT2D eigenvalue weighted by atomic mass is 16.3. The molecule has 0 radical (unpaired) electrons. The molecule has 0 aliphatic carbocycles. The number of carbonyl (C=O) groups excluding carboxylic acids is 1. The first-order valence-corrected chi connectivity index (χ1v) is 7.40. The summed E-state index contributed by atoms with van der Waals surface area (Å²) in [5.74, 6) is 2.29. The highest BCUT2D eigenvalue weighted by Gasteiger charge is 2.07. The average molecular weight is 322 g/mol. The van der Waals surface area contributed by atoms with Gasteiger partial charge in [-0.3, -0.25) is 9.78 Å². The number of benzene rings is 1. The molecule has 0 atom stereocenters. The second kappa shape index (κ2) is 8.34. The van der Waals surface area contributed by atoms with Crippen molar-refractivity contribution < 1.29 is 9.90 Å². The summed E-state index contributed by atoms with van der Waals surface area (Å²) in [5, 5.41) is 14.0. The summed E-state index contributed by atoms with van der Waals surface area (Å²) >= 11 is 0. The number of hydrogen-bond donors (Lipinski definition) is 2. The van der Waals surface area contributed by atoms with Crippen LogP contribution in [0, 0.1) is 12.3 Å². The topological polar surface area (TPSA) is 77.8 Å². The van der Waals surface area contributed by atoms with Crippen molar-refractivity contribution in [2.45, 2.75) is 6.92 Å². The van der Waals surface area contributed by atoms with Gasteiger partial charge in [-0.25, -0.2) is 5.43 Å². The lowest BCUT2D eigenvalue weighted by atomic mass is 10.2. The number of pyridine rings is 1. The second-order valence-electron chi connectivity index (χ2n) is 4.90. The zero-order valence-electron chi connectivity index (χ0n) is 13.3. The number of anilines is 1. The van der Waals surface area contributed by atoms with E-state index < -0.39 is 0 Å². The molecule has 2 rings (SSSR count). The van der Waals surface area contributed by atoms with Crippen LogP contribution in [0.2, 0.25) is 0 Å². The number of rotatable bonds is 6. The third kappa shape index (κ3) is 4.34. The number of carbonyl (C=O) groups is 1. The number of phenolic OH excluding ortho intramolecular Hbond substituents is 1. The number of aromatic nitrogens is 1. The Morgan fingerprint density at radius 2 is 2.17 bits per heavy atom. The van der Waals surface area contributed by atoms with Crippen molar-refractivity contribution in [3.05, 3.63) is 53.9 Å². The summed E-state index contributed by atoms with van der Waals surface area (Å²) in [6.07, 6.45) is 9.77. The van der Waals surface area contributed by atoms with Crippen LogP contribution in [0.15, 0.2) is 47.8 Å². The SMILES string of the molecule is C#CCN(CC)c1ccc(/C=N/NC(=O)c2ccncc2)c(O)c1. The number of nitrogens with one attached hydrogen (secondary N) is 1. The standard InChI is InChI=1S/C18H18N4O2/c1-3-11-22(4-2)16-6-5-15(17(23)12-16)13-20-21-18(24)14-7-9-19-10-8-14/h1,5-10,12-13,23H,4,11H2,2H3,(H,21,24)/b20-13+. The molecule has 2 N–H and O–H groups in total. The van der Waals surface area contributed by atoms with E-state index >= 15 is 0 Å². The fourth-order valence-electron chi connectivity index (χ4n) is 2.06. The van der Waals surface area contributed by atoms with Crippen LogP contribution >= 0.6 is 0 Å². The number of hydrogen-bond acceptors (Lipinski definition) is 5. The molecule has 6 heteroatoms. The maximum atomic E-state index is 11.8. The number of nitrogens with zero attached hydrogens (tertiary/aromatic N) is 3. The van der Waals surface area contributed by atoms with E-state index in [0.29, 0.717) is 17.7 Å². The normalized spacial score (nSPS) is 10.3. The molecule has 0 fully saturated rings. The van der Waals surface area contributed by atoms with Gasteiger partial charge in [-0.15, -0.1) is 6.42 Å². The number of hydrazone groups is 1. The molecule has 0 saturated carbocycles. The van der Waals surface area contributed by atoms with Crippen molar-refractivity contribution in [2.24, 2.45) is 5.10 Å². The molecule has 0 saturated heterocycles. The predicted molar refractivity (Wildman–Crippen MR) is 94.1 cm³/mol. The Morgan fingerprint density at radius 1 is 1.42 bits per heavy atom. The van der Waals surface area contributed by atoms with Crippen LogP contribution < -0.4 is 10.3 Å². The zero-order valence-corrected chi connectivity index (χ0v) is 13.3. The molecule has 24 heavy (non-hydrogen) atoms. The molecule has 6 nitrogen and oxygen atoms in total. The minimum absolute atomic E-state index is 0.0601. The van der Waals surface area contributed by atoms with Gasteiger partial charge in [0, 0.05) is 41.8 Å². The summed E-state index contributed by atoms with van der Waals surface area (Å²) < 4.78 is 0. The number of amides is 1. The lowest BCUT2D eigenvalue weighted by Crippen LogP contribution is -2.22. The van der Waals surface area contributed by atoms with Gasteiger partial charge in [-0.1, -0.05) is 5.92 Å². The van der Waals surface area contributed by atoms with Crippen LogP contribution in [0.5, 0.6) is 5.75 Å². The fraction of sp³-hybridized carbons (Fsp3) is 0.167. The van der Waals surface area contributed by atoms with Crippen molar-refractivity contribution in [3.8, 4) is 18.1 Å². The molecule has 1 heterocycles. The molecule has 0 unspecified atom stereocenters. The Morgan fingerprint density at radius 3 is 2.79 bits per heavy atom. The highest BCUT2D eigenvalue weighted by Crippen LogP contribution is 2.23. The van der Waals surface area contributed by atoms with Gasteiger partial charge >= 0.3 is 0 Å². The van der Waals surface area contributed by atoms with E-state index in [2.05, 4.69) is 21.4 Å². The summed E-state index contributed by atoms with van der Waals surface area (Å²) in [6, 6.07) is 8.34. The maximum Gasteiger partial charge on any atom is 0.271 e. The van der Waals surface area contributed by atoms with Gasteiger partial charge < -0.3 is 10.0 Å². The molecule has 0 aliphatic rings. The quantitative estimate of drug-likeness (QED) is 0.484. The summed E-state index contributed by atoms with van der Waals surface area (Å²) in [6.45, 7) is 3.18. The van der Waals surface area contributed by atoms with Crippen LogP contribution in [-0.4, -0.2) is 35.3 Å². The van der Waals surface area contributed by atoms with Crippen LogP contribution in [0.25, 0.3) is 0 Å². The van der Waals surface area contributed by atoms with Crippen LogP contribution in [0.3, 0.4) is 0 Å².